The van der Waals surface area contributed by atoms with Crippen molar-refractivity contribution in [1.82, 2.24) is 9.97 Å². The van der Waals surface area contributed by atoms with Crippen molar-refractivity contribution in [3.63, 3.8) is 0 Å². The third-order valence-corrected chi connectivity index (χ3v) is 2.59. The lowest BCUT2D eigenvalue weighted by molar-refractivity contribution is 0.904. The summed E-state index contributed by atoms with van der Waals surface area (Å²) in [6.45, 7) is 0. The maximum absolute atomic E-state index is 6.27. The maximum atomic E-state index is 6.27. The summed E-state index contributed by atoms with van der Waals surface area (Å²) in [6.07, 6.45) is 7.93. The predicted molar refractivity (Wildman–Crippen MR) is 60.8 cm³/mol. The van der Waals surface area contributed by atoms with Gasteiger partial charge in [-0.3, -0.25) is 9.97 Å². The fourth-order valence-electron chi connectivity index (χ4n) is 1.40. The van der Waals surface area contributed by atoms with Crippen LogP contribution in [0.2, 0.25) is 0 Å². The first-order valence-corrected chi connectivity index (χ1v) is 5.23. The van der Waals surface area contributed by atoms with Crippen LogP contribution in [-0.2, 0) is 6.42 Å². The Labute approximate surface area is 94.0 Å². The molecule has 0 saturated carbocycles. The molecule has 0 fully saturated rings. The highest BCUT2D eigenvalue weighted by Gasteiger charge is 2.08. The van der Waals surface area contributed by atoms with Crippen LogP contribution in [0.5, 0.6) is 0 Å². The van der Waals surface area contributed by atoms with Gasteiger partial charge in [-0.15, -0.1) is 11.6 Å². The quantitative estimate of drug-likeness (QED) is 0.741. The summed E-state index contributed by atoms with van der Waals surface area (Å²) in [7, 11) is 0. The topological polar surface area (TPSA) is 25.8 Å². The van der Waals surface area contributed by atoms with Crippen LogP contribution >= 0.6 is 11.6 Å². The van der Waals surface area contributed by atoms with E-state index in [4.69, 9.17) is 11.6 Å². The van der Waals surface area contributed by atoms with Crippen LogP contribution < -0.4 is 0 Å². The van der Waals surface area contributed by atoms with E-state index in [2.05, 4.69) is 9.97 Å². The summed E-state index contributed by atoms with van der Waals surface area (Å²) in [4.78, 5) is 8.10. The summed E-state index contributed by atoms with van der Waals surface area (Å²) in [6, 6.07) is 7.83. The van der Waals surface area contributed by atoms with Gasteiger partial charge in [0.15, 0.2) is 0 Å². The molecular weight excluding hydrogens is 208 g/mol. The summed E-state index contributed by atoms with van der Waals surface area (Å²) in [5.41, 5.74) is 2.18. The highest BCUT2D eigenvalue weighted by molar-refractivity contribution is 6.20. The fourth-order valence-corrected chi connectivity index (χ4v) is 1.71. The van der Waals surface area contributed by atoms with E-state index in [1.165, 1.54) is 0 Å². The van der Waals surface area contributed by atoms with Crippen LogP contribution in [0.25, 0.3) is 0 Å². The van der Waals surface area contributed by atoms with Crippen molar-refractivity contribution < 1.29 is 0 Å². The average molecular weight is 219 g/mol. The minimum Gasteiger partial charge on any atom is -0.264 e. The van der Waals surface area contributed by atoms with Crippen molar-refractivity contribution in [1.29, 1.82) is 0 Å². The van der Waals surface area contributed by atoms with Crippen molar-refractivity contribution in [3.8, 4) is 0 Å². The minimum atomic E-state index is -0.0390. The Morgan fingerprint density at radius 2 is 1.80 bits per heavy atom. The molecule has 0 radical (unpaired) electrons. The van der Waals surface area contributed by atoms with E-state index in [1.54, 1.807) is 18.6 Å². The normalized spacial score (nSPS) is 12.3. The summed E-state index contributed by atoms with van der Waals surface area (Å²) < 4.78 is 0. The number of halogens is 1. The molecule has 0 aliphatic carbocycles. The third-order valence-electron chi connectivity index (χ3n) is 2.18. The molecule has 1 atom stereocenters. The zero-order valence-corrected chi connectivity index (χ0v) is 8.93. The standard InChI is InChI=1S/C12H11ClN2/c13-12(11-4-2-6-15-9-11)7-10-3-1-5-14-8-10/h1-6,8-9,12H,7H2. The number of hydrogen-bond donors (Lipinski definition) is 0. The van der Waals surface area contributed by atoms with E-state index in [1.807, 2.05) is 30.5 Å². The molecule has 2 aromatic heterocycles. The van der Waals surface area contributed by atoms with Gasteiger partial charge in [0.1, 0.15) is 0 Å². The molecule has 0 aromatic carbocycles. The van der Waals surface area contributed by atoms with Crippen LogP contribution in [-0.4, -0.2) is 9.97 Å². The zero-order chi connectivity index (χ0) is 10.5. The maximum Gasteiger partial charge on any atom is 0.0641 e. The van der Waals surface area contributed by atoms with Gasteiger partial charge in [-0.25, -0.2) is 0 Å². The molecule has 0 saturated heterocycles. The van der Waals surface area contributed by atoms with Gasteiger partial charge in [-0.1, -0.05) is 12.1 Å². The van der Waals surface area contributed by atoms with E-state index >= 15 is 0 Å². The second-order valence-corrected chi connectivity index (χ2v) is 3.85. The van der Waals surface area contributed by atoms with Gasteiger partial charge in [-0.2, -0.15) is 0 Å². The van der Waals surface area contributed by atoms with Crippen molar-refractivity contribution in [3.05, 3.63) is 60.2 Å². The second kappa shape index (κ2) is 4.89. The zero-order valence-electron chi connectivity index (χ0n) is 8.18. The largest absolute Gasteiger partial charge is 0.264 e. The van der Waals surface area contributed by atoms with Crippen LogP contribution in [0.4, 0.5) is 0 Å². The molecule has 2 aromatic rings. The van der Waals surface area contributed by atoms with Gasteiger partial charge < -0.3 is 0 Å². The van der Waals surface area contributed by atoms with Crippen molar-refractivity contribution >= 4 is 11.6 Å². The first-order chi connectivity index (χ1) is 7.36. The molecule has 76 valence electrons. The smallest absolute Gasteiger partial charge is 0.0641 e. The Balaban J connectivity index is 2.08. The van der Waals surface area contributed by atoms with E-state index in [9.17, 15) is 0 Å². The molecule has 15 heavy (non-hydrogen) atoms. The molecule has 3 heteroatoms. The van der Waals surface area contributed by atoms with Crippen molar-refractivity contribution in [2.45, 2.75) is 11.8 Å². The molecule has 2 nitrogen and oxygen atoms in total. The van der Waals surface area contributed by atoms with Gasteiger partial charge in [0.2, 0.25) is 0 Å². The highest BCUT2D eigenvalue weighted by atomic mass is 35.5. The first-order valence-electron chi connectivity index (χ1n) is 4.79. The number of pyridine rings is 2. The molecule has 2 heterocycles. The van der Waals surface area contributed by atoms with Crippen molar-refractivity contribution in [2.75, 3.05) is 0 Å². The molecule has 0 amide bonds. The number of alkyl halides is 1. The minimum absolute atomic E-state index is 0.0390. The molecule has 0 spiro atoms. The molecule has 0 aliphatic heterocycles. The second-order valence-electron chi connectivity index (χ2n) is 3.32. The Bertz CT molecular complexity index is 402. The molecular formula is C12H11ClN2. The first kappa shape index (κ1) is 10.1. The third kappa shape index (κ3) is 2.77. The number of rotatable bonds is 3. The lowest BCUT2D eigenvalue weighted by atomic mass is 10.1. The van der Waals surface area contributed by atoms with Gasteiger partial charge in [0.25, 0.3) is 0 Å². The molecule has 0 aliphatic rings. The summed E-state index contributed by atoms with van der Waals surface area (Å²) in [5.74, 6) is 0. The fraction of sp³-hybridized carbons (Fsp3) is 0.167. The van der Waals surface area contributed by atoms with E-state index in [0.717, 1.165) is 17.5 Å². The van der Waals surface area contributed by atoms with Gasteiger partial charge in [-0.05, 0) is 29.7 Å². The molecule has 1 unspecified atom stereocenters. The van der Waals surface area contributed by atoms with Crippen molar-refractivity contribution in [2.24, 2.45) is 0 Å². The predicted octanol–water partition coefficient (Wildman–Crippen LogP) is 3.00. The van der Waals surface area contributed by atoms with Crippen LogP contribution in [0.15, 0.2) is 49.1 Å². The molecule has 0 N–H and O–H groups in total. The highest BCUT2D eigenvalue weighted by Crippen LogP contribution is 2.23. The lowest BCUT2D eigenvalue weighted by Crippen LogP contribution is -1.96. The van der Waals surface area contributed by atoms with Crippen LogP contribution in [0.1, 0.15) is 16.5 Å². The van der Waals surface area contributed by atoms with Crippen LogP contribution in [0.3, 0.4) is 0 Å². The van der Waals surface area contributed by atoms with E-state index in [-0.39, 0.29) is 5.38 Å². The van der Waals surface area contributed by atoms with Gasteiger partial charge in [0, 0.05) is 24.8 Å². The Morgan fingerprint density at radius 3 is 2.40 bits per heavy atom. The SMILES string of the molecule is ClC(Cc1cccnc1)c1cccnc1. The van der Waals surface area contributed by atoms with Crippen LogP contribution in [0, 0.1) is 0 Å². The van der Waals surface area contributed by atoms with Gasteiger partial charge in [0.05, 0.1) is 5.38 Å². The number of hydrogen-bond acceptors (Lipinski definition) is 2. The summed E-state index contributed by atoms with van der Waals surface area (Å²) >= 11 is 6.27. The number of aromatic nitrogens is 2. The molecule has 2 rings (SSSR count). The summed E-state index contributed by atoms with van der Waals surface area (Å²) in [5, 5.41) is -0.0390. The van der Waals surface area contributed by atoms with Gasteiger partial charge >= 0.3 is 0 Å². The molecule has 0 bridgehead atoms. The lowest BCUT2D eigenvalue weighted by Gasteiger charge is -2.08. The monoisotopic (exact) mass is 218 g/mol. The Kier molecular flexibility index (Phi) is 3.30. The Morgan fingerprint density at radius 1 is 1.07 bits per heavy atom. The van der Waals surface area contributed by atoms with E-state index < -0.39 is 0 Å². The number of nitrogens with zero attached hydrogens (tertiary/aromatic N) is 2. The average Bonchev–Trinajstić information content (AvgIpc) is 2.31. The van der Waals surface area contributed by atoms with E-state index in [0.29, 0.717) is 0 Å². The Hall–Kier alpha value is -1.41.